The van der Waals surface area contributed by atoms with E-state index in [1.165, 1.54) is 11.8 Å². The maximum atomic E-state index is 12.8. The average Bonchev–Trinajstić information content (AvgIpc) is 2.69. The molecule has 27 heavy (non-hydrogen) atoms. The maximum Gasteiger partial charge on any atom is 0.234 e. The van der Waals surface area contributed by atoms with E-state index >= 15 is 0 Å². The van der Waals surface area contributed by atoms with Gasteiger partial charge in [-0.1, -0.05) is 53.5 Å². The number of benzene rings is 3. The quantitative estimate of drug-likeness (QED) is 0.399. The van der Waals surface area contributed by atoms with Gasteiger partial charge >= 0.3 is 0 Å². The van der Waals surface area contributed by atoms with E-state index in [0.29, 0.717) is 26.9 Å². The molecule has 0 radical (unpaired) electrons. The van der Waals surface area contributed by atoms with E-state index in [0.717, 1.165) is 4.90 Å². The van der Waals surface area contributed by atoms with E-state index in [9.17, 15) is 9.59 Å². The molecule has 0 aliphatic carbocycles. The largest absolute Gasteiger partial charge is 0.325 e. The molecule has 0 saturated heterocycles. The molecule has 0 atom stereocenters. The number of ketones is 1. The fourth-order valence-electron chi connectivity index (χ4n) is 2.42. The van der Waals surface area contributed by atoms with E-state index in [-0.39, 0.29) is 17.4 Å². The average molecular weight is 416 g/mol. The lowest BCUT2D eigenvalue weighted by atomic mass is 10.0. The Hall–Kier alpha value is -2.27. The Bertz CT molecular complexity index is 960. The molecular weight excluding hydrogens is 401 g/mol. The molecule has 0 fully saturated rings. The number of nitrogens with one attached hydrogen (secondary N) is 1. The number of carbonyl (C=O) groups excluding carboxylic acids is 2. The molecule has 3 aromatic rings. The summed E-state index contributed by atoms with van der Waals surface area (Å²) in [5.74, 6) is -0.193. The van der Waals surface area contributed by atoms with E-state index < -0.39 is 0 Å². The van der Waals surface area contributed by atoms with Crippen LogP contribution in [-0.4, -0.2) is 17.4 Å². The van der Waals surface area contributed by atoms with Gasteiger partial charge in [-0.25, -0.2) is 0 Å². The van der Waals surface area contributed by atoms with Crippen molar-refractivity contribution in [1.82, 2.24) is 0 Å². The number of amides is 1. The molecule has 0 saturated carbocycles. The zero-order chi connectivity index (χ0) is 19.2. The van der Waals surface area contributed by atoms with Gasteiger partial charge in [0.05, 0.1) is 11.4 Å². The first-order chi connectivity index (χ1) is 13.0. The molecule has 0 aliphatic heterocycles. The molecule has 0 bridgehead atoms. The van der Waals surface area contributed by atoms with Crippen LogP contribution in [0.1, 0.15) is 15.9 Å². The van der Waals surface area contributed by atoms with Gasteiger partial charge in [-0.2, -0.15) is 0 Å². The van der Waals surface area contributed by atoms with Gasteiger partial charge in [-0.3, -0.25) is 9.59 Å². The molecule has 0 aromatic heterocycles. The first-order valence-electron chi connectivity index (χ1n) is 8.10. The summed E-state index contributed by atoms with van der Waals surface area (Å²) in [6, 6.07) is 21.0. The predicted octanol–water partition coefficient (Wildman–Crippen LogP) is 5.96. The van der Waals surface area contributed by atoms with Gasteiger partial charge < -0.3 is 5.32 Å². The topological polar surface area (TPSA) is 46.2 Å². The van der Waals surface area contributed by atoms with Crippen molar-refractivity contribution in [3.8, 4) is 0 Å². The summed E-state index contributed by atoms with van der Waals surface area (Å²) in [7, 11) is 0. The molecule has 0 heterocycles. The van der Waals surface area contributed by atoms with Crippen molar-refractivity contribution in [2.75, 3.05) is 11.1 Å². The lowest BCUT2D eigenvalue weighted by molar-refractivity contribution is -0.113. The monoisotopic (exact) mass is 415 g/mol. The van der Waals surface area contributed by atoms with Crippen LogP contribution >= 0.6 is 35.0 Å². The van der Waals surface area contributed by atoms with E-state index in [1.807, 2.05) is 18.2 Å². The summed E-state index contributed by atoms with van der Waals surface area (Å²) in [6.45, 7) is 0. The minimum atomic E-state index is -0.209. The maximum absolute atomic E-state index is 12.8. The van der Waals surface area contributed by atoms with Crippen LogP contribution in [0.3, 0.4) is 0 Å². The Morgan fingerprint density at radius 3 is 2.22 bits per heavy atom. The Morgan fingerprint density at radius 1 is 0.852 bits per heavy atom. The smallest absolute Gasteiger partial charge is 0.234 e. The van der Waals surface area contributed by atoms with Crippen LogP contribution in [0.25, 0.3) is 0 Å². The highest BCUT2D eigenvalue weighted by Crippen LogP contribution is 2.25. The van der Waals surface area contributed by atoms with Crippen molar-refractivity contribution in [2.24, 2.45) is 0 Å². The van der Waals surface area contributed by atoms with E-state index in [1.54, 1.807) is 54.6 Å². The second-order valence-electron chi connectivity index (χ2n) is 5.68. The third kappa shape index (κ3) is 5.36. The number of hydrogen-bond acceptors (Lipinski definition) is 3. The standard InChI is InChI=1S/C21H15Cl2NO2S/c22-15-6-9-17(10-7-15)27-13-20(25)24-19-11-8-16(23)12-18(19)21(26)14-4-2-1-3-5-14/h1-12H,13H2,(H,24,25). The highest BCUT2D eigenvalue weighted by molar-refractivity contribution is 8.00. The molecule has 0 aliphatic rings. The zero-order valence-electron chi connectivity index (χ0n) is 14.1. The third-order valence-corrected chi connectivity index (χ3v) is 5.22. The van der Waals surface area contributed by atoms with Gasteiger partial charge in [0.15, 0.2) is 5.78 Å². The summed E-state index contributed by atoms with van der Waals surface area (Å²) in [4.78, 5) is 26.1. The van der Waals surface area contributed by atoms with E-state index in [4.69, 9.17) is 23.2 Å². The second kappa shape index (κ2) is 9.09. The van der Waals surface area contributed by atoms with Crippen LogP contribution in [0, 0.1) is 0 Å². The van der Waals surface area contributed by atoms with Gasteiger partial charge in [-0.05, 0) is 42.5 Å². The fourth-order valence-corrected chi connectivity index (χ4v) is 3.42. The van der Waals surface area contributed by atoms with Crippen LogP contribution in [0.5, 0.6) is 0 Å². The van der Waals surface area contributed by atoms with Gasteiger partial charge in [0, 0.05) is 26.1 Å². The van der Waals surface area contributed by atoms with Crippen molar-refractivity contribution >= 4 is 52.3 Å². The molecule has 136 valence electrons. The first-order valence-corrected chi connectivity index (χ1v) is 9.84. The highest BCUT2D eigenvalue weighted by atomic mass is 35.5. The lowest BCUT2D eigenvalue weighted by Gasteiger charge is -2.11. The van der Waals surface area contributed by atoms with Crippen molar-refractivity contribution in [1.29, 1.82) is 0 Å². The summed E-state index contributed by atoms with van der Waals surface area (Å²) < 4.78 is 0. The van der Waals surface area contributed by atoms with Crippen molar-refractivity contribution < 1.29 is 9.59 Å². The van der Waals surface area contributed by atoms with Crippen LogP contribution in [0.4, 0.5) is 5.69 Å². The third-order valence-electron chi connectivity index (χ3n) is 3.72. The number of carbonyl (C=O) groups is 2. The van der Waals surface area contributed by atoms with Crippen LogP contribution in [0.2, 0.25) is 10.0 Å². The normalized spacial score (nSPS) is 10.4. The zero-order valence-corrected chi connectivity index (χ0v) is 16.4. The van der Waals surface area contributed by atoms with Gasteiger partial charge in [0.2, 0.25) is 5.91 Å². The van der Waals surface area contributed by atoms with Crippen LogP contribution < -0.4 is 5.32 Å². The molecule has 3 rings (SSSR count). The summed E-state index contributed by atoms with van der Waals surface area (Å²) in [6.07, 6.45) is 0. The molecule has 1 amide bonds. The highest BCUT2D eigenvalue weighted by Gasteiger charge is 2.16. The minimum absolute atomic E-state index is 0.196. The minimum Gasteiger partial charge on any atom is -0.325 e. The van der Waals surface area contributed by atoms with Crippen LogP contribution in [0.15, 0.2) is 77.7 Å². The SMILES string of the molecule is O=C(CSc1ccc(Cl)cc1)Nc1ccc(Cl)cc1C(=O)c1ccccc1. The lowest BCUT2D eigenvalue weighted by Crippen LogP contribution is -2.17. The molecule has 6 heteroatoms. The van der Waals surface area contributed by atoms with Gasteiger partial charge in [0.1, 0.15) is 0 Å². The van der Waals surface area contributed by atoms with E-state index in [2.05, 4.69) is 5.32 Å². The summed E-state index contributed by atoms with van der Waals surface area (Å²) >= 11 is 13.3. The molecule has 0 unspecified atom stereocenters. The first kappa shape index (κ1) is 19.5. The Morgan fingerprint density at radius 2 is 1.52 bits per heavy atom. The Balaban J connectivity index is 1.73. The summed E-state index contributed by atoms with van der Waals surface area (Å²) in [5, 5.41) is 3.89. The molecule has 0 spiro atoms. The van der Waals surface area contributed by atoms with Crippen molar-refractivity contribution in [2.45, 2.75) is 4.90 Å². The Kier molecular flexibility index (Phi) is 6.56. The summed E-state index contributed by atoms with van der Waals surface area (Å²) in [5.41, 5.74) is 1.33. The molecule has 1 N–H and O–H groups in total. The van der Waals surface area contributed by atoms with Gasteiger partial charge in [-0.15, -0.1) is 11.8 Å². The molecule has 3 nitrogen and oxygen atoms in total. The second-order valence-corrected chi connectivity index (χ2v) is 7.60. The number of thioether (sulfide) groups is 1. The predicted molar refractivity (Wildman–Crippen MR) is 112 cm³/mol. The molecule has 3 aromatic carbocycles. The number of rotatable bonds is 6. The fraction of sp³-hybridized carbons (Fsp3) is 0.0476. The van der Waals surface area contributed by atoms with Crippen LogP contribution in [-0.2, 0) is 4.79 Å². The number of anilines is 1. The van der Waals surface area contributed by atoms with Crippen molar-refractivity contribution in [3.05, 3.63) is 94.0 Å². The Labute approximate surface area is 171 Å². The van der Waals surface area contributed by atoms with Gasteiger partial charge in [0.25, 0.3) is 0 Å². The number of halogens is 2. The molecular formula is C21H15Cl2NO2S. The number of hydrogen-bond donors (Lipinski definition) is 1. The van der Waals surface area contributed by atoms with Crippen molar-refractivity contribution in [3.63, 3.8) is 0 Å².